The standard InChI is InChI=1S/C23H27ClN4OS/c1-5-18-19(17-8-6-16(7-9-17)14(2)3)20-21(25-23(24)26-22(20)30-18)28-12-10-27(11-13-28)15(4)29/h6-9,14H,5,10-13H2,1-4H3. The minimum Gasteiger partial charge on any atom is -0.352 e. The third-order valence-electron chi connectivity index (χ3n) is 5.79. The van der Waals surface area contributed by atoms with Crippen LogP contribution in [0.5, 0.6) is 0 Å². The molecule has 3 heterocycles. The van der Waals surface area contributed by atoms with Crippen LogP contribution in [-0.2, 0) is 11.2 Å². The number of carbonyl (C=O) groups excluding carboxylic acids is 1. The number of rotatable bonds is 4. The van der Waals surface area contributed by atoms with Crippen LogP contribution < -0.4 is 4.90 Å². The fourth-order valence-corrected chi connectivity index (χ4v) is 5.40. The first kappa shape index (κ1) is 21.1. The summed E-state index contributed by atoms with van der Waals surface area (Å²) in [4.78, 5) is 27.3. The molecule has 4 rings (SSSR count). The molecule has 1 amide bonds. The summed E-state index contributed by atoms with van der Waals surface area (Å²) in [5.74, 6) is 1.50. The predicted octanol–water partition coefficient (Wildman–Crippen LogP) is 5.37. The Balaban J connectivity index is 1.83. The number of hydrogen-bond acceptors (Lipinski definition) is 5. The second-order valence-electron chi connectivity index (χ2n) is 8.02. The van der Waals surface area contributed by atoms with Crippen LogP contribution in [-0.4, -0.2) is 47.0 Å². The van der Waals surface area contributed by atoms with E-state index in [1.54, 1.807) is 18.3 Å². The smallest absolute Gasteiger partial charge is 0.225 e. The van der Waals surface area contributed by atoms with Gasteiger partial charge < -0.3 is 9.80 Å². The molecule has 30 heavy (non-hydrogen) atoms. The molecule has 7 heteroatoms. The minimum absolute atomic E-state index is 0.121. The number of thiophene rings is 1. The van der Waals surface area contributed by atoms with E-state index in [9.17, 15) is 4.79 Å². The van der Waals surface area contributed by atoms with Crippen LogP contribution in [0, 0.1) is 0 Å². The van der Waals surface area contributed by atoms with E-state index in [1.165, 1.54) is 21.6 Å². The largest absolute Gasteiger partial charge is 0.352 e. The Morgan fingerprint density at radius 3 is 2.37 bits per heavy atom. The van der Waals surface area contributed by atoms with Crippen molar-refractivity contribution < 1.29 is 4.79 Å². The molecule has 0 atom stereocenters. The van der Waals surface area contributed by atoms with Crippen molar-refractivity contribution in [2.24, 2.45) is 0 Å². The van der Waals surface area contributed by atoms with Crippen LogP contribution in [0.2, 0.25) is 5.28 Å². The molecule has 158 valence electrons. The average molecular weight is 443 g/mol. The minimum atomic E-state index is 0.121. The highest BCUT2D eigenvalue weighted by molar-refractivity contribution is 7.19. The highest BCUT2D eigenvalue weighted by Crippen LogP contribution is 2.43. The third-order valence-corrected chi connectivity index (χ3v) is 7.19. The van der Waals surface area contributed by atoms with Crippen molar-refractivity contribution >= 4 is 44.9 Å². The second kappa shape index (κ2) is 8.52. The predicted molar refractivity (Wildman–Crippen MR) is 126 cm³/mol. The molecule has 0 unspecified atom stereocenters. The number of nitrogens with zero attached hydrogens (tertiary/aromatic N) is 4. The maximum absolute atomic E-state index is 11.7. The highest BCUT2D eigenvalue weighted by Gasteiger charge is 2.26. The fraction of sp³-hybridized carbons (Fsp3) is 0.435. The second-order valence-corrected chi connectivity index (χ2v) is 9.44. The van der Waals surface area contributed by atoms with Crippen molar-refractivity contribution in [3.8, 4) is 11.1 Å². The SMILES string of the molecule is CCc1sc2nc(Cl)nc(N3CCN(C(C)=O)CC3)c2c1-c1ccc(C(C)C)cc1. The first-order valence-corrected chi connectivity index (χ1v) is 11.7. The van der Waals surface area contributed by atoms with Gasteiger partial charge in [0.25, 0.3) is 0 Å². The zero-order valence-electron chi connectivity index (χ0n) is 17.9. The van der Waals surface area contributed by atoms with Crippen molar-refractivity contribution in [2.75, 3.05) is 31.1 Å². The monoisotopic (exact) mass is 442 g/mol. The molecule has 0 saturated carbocycles. The van der Waals surface area contributed by atoms with E-state index in [4.69, 9.17) is 11.6 Å². The van der Waals surface area contributed by atoms with Gasteiger partial charge in [0.2, 0.25) is 11.2 Å². The van der Waals surface area contributed by atoms with E-state index in [-0.39, 0.29) is 11.2 Å². The van der Waals surface area contributed by atoms with Gasteiger partial charge in [0, 0.05) is 43.5 Å². The lowest BCUT2D eigenvalue weighted by Crippen LogP contribution is -2.48. The molecule has 1 aliphatic heterocycles. The van der Waals surface area contributed by atoms with E-state index in [0.29, 0.717) is 19.0 Å². The summed E-state index contributed by atoms with van der Waals surface area (Å²) in [6.45, 7) is 11.1. The zero-order chi connectivity index (χ0) is 21.4. The number of aryl methyl sites for hydroxylation is 1. The number of hydrogen-bond donors (Lipinski definition) is 0. The molecule has 1 saturated heterocycles. The summed E-state index contributed by atoms with van der Waals surface area (Å²) >= 11 is 8.02. The van der Waals surface area contributed by atoms with Gasteiger partial charge in [-0.2, -0.15) is 4.98 Å². The van der Waals surface area contributed by atoms with Gasteiger partial charge in [-0.25, -0.2) is 4.98 Å². The van der Waals surface area contributed by atoms with Gasteiger partial charge >= 0.3 is 0 Å². The Labute approximate surface area is 186 Å². The van der Waals surface area contributed by atoms with Gasteiger partial charge in [-0.05, 0) is 35.1 Å². The first-order valence-electron chi connectivity index (χ1n) is 10.5. The van der Waals surface area contributed by atoms with Crippen molar-refractivity contribution in [3.63, 3.8) is 0 Å². The molecule has 1 fully saturated rings. The summed E-state index contributed by atoms with van der Waals surface area (Å²) in [5.41, 5.74) is 3.74. The zero-order valence-corrected chi connectivity index (χ0v) is 19.5. The lowest BCUT2D eigenvalue weighted by atomic mass is 9.97. The Kier molecular flexibility index (Phi) is 5.98. The molecule has 0 N–H and O–H groups in total. The molecular weight excluding hydrogens is 416 g/mol. The maximum Gasteiger partial charge on any atom is 0.225 e. The Morgan fingerprint density at radius 2 is 1.80 bits per heavy atom. The number of aromatic nitrogens is 2. The number of halogens is 1. The molecule has 0 bridgehead atoms. The fourth-order valence-electron chi connectivity index (χ4n) is 4.05. The van der Waals surface area contributed by atoms with Gasteiger partial charge in [-0.1, -0.05) is 45.0 Å². The molecule has 3 aromatic rings. The van der Waals surface area contributed by atoms with Crippen molar-refractivity contribution in [1.29, 1.82) is 0 Å². The van der Waals surface area contributed by atoms with Crippen LogP contribution in [0.15, 0.2) is 24.3 Å². The maximum atomic E-state index is 11.7. The molecule has 0 spiro atoms. The van der Waals surface area contributed by atoms with Crippen molar-refractivity contribution in [2.45, 2.75) is 40.0 Å². The van der Waals surface area contributed by atoms with Gasteiger partial charge in [0.05, 0.1) is 5.39 Å². The topological polar surface area (TPSA) is 49.3 Å². The Hall–Kier alpha value is -2.18. The van der Waals surface area contributed by atoms with Crippen LogP contribution >= 0.6 is 22.9 Å². The van der Waals surface area contributed by atoms with E-state index in [2.05, 4.69) is 59.9 Å². The summed E-state index contributed by atoms with van der Waals surface area (Å²) in [6.07, 6.45) is 0.928. The van der Waals surface area contributed by atoms with Crippen molar-refractivity contribution in [3.05, 3.63) is 40.0 Å². The number of carbonyl (C=O) groups is 1. The molecule has 2 aromatic heterocycles. The first-order chi connectivity index (χ1) is 14.4. The van der Waals surface area contributed by atoms with Crippen LogP contribution in [0.1, 0.15) is 44.1 Å². The normalized spacial score (nSPS) is 14.7. The number of piperazine rings is 1. The number of benzene rings is 1. The molecule has 1 aliphatic rings. The van der Waals surface area contributed by atoms with Gasteiger partial charge in [0.1, 0.15) is 10.6 Å². The van der Waals surface area contributed by atoms with Crippen LogP contribution in [0.3, 0.4) is 0 Å². The number of fused-ring (bicyclic) bond motifs is 1. The lowest BCUT2D eigenvalue weighted by Gasteiger charge is -2.35. The molecular formula is C23H27ClN4OS. The lowest BCUT2D eigenvalue weighted by molar-refractivity contribution is -0.129. The van der Waals surface area contributed by atoms with E-state index < -0.39 is 0 Å². The highest BCUT2D eigenvalue weighted by atomic mass is 35.5. The molecule has 5 nitrogen and oxygen atoms in total. The summed E-state index contributed by atoms with van der Waals surface area (Å²) in [5, 5.41) is 1.35. The van der Waals surface area contributed by atoms with E-state index in [1.807, 2.05) is 4.90 Å². The Bertz CT molecular complexity index is 1070. The molecule has 0 radical (unpaired) electrons. The average Bonchev–Trinajstić information content (AvgIpc) is 3.11. The van der Waals surface area contributed by atoms with Gasteiger partial charge in [-0.15, -0.1) is 11.3 Å². The molecule has 1 aromatic carbocycles. The summed E-state index contributed by atoms with van der Waals surface area (Å²) in [7, 11) is 0. The van der Waals surface area contributed by atoms with Crippen LogP contribution in [0.4, 0.5) is 5.82 Å². The summed E-state index contributed by atoms with van der Waals surface area (Å²) in [6, 6.07) is 8.85. The van der Waals surface area contributed by atoms with Crippen LogP contribution in [0.25, 0.3) is 21.3 Å². The number of anilines is 1. The number of amides is 1. The molecule has 0 aliphatic carbocycles. The van der Waals surface area contributed by atoms with E-state index >= 15 is 0 Å². The van der Waals surface area contributed by atoms with Gasteiger partial charge in [-0.3, -0.25) is 4.79 Å². The van der Waals surface area contributed by atoms with Crippen molar-refractivity contribution in [1.82, 2.24) is 14.9 Å². The Morgan fingerprint density at radius 1 is 1.13 bits per heavy atom. The van der Waals surface area contributed by atoms with Gasteiger partial charge in [0.15, 0.2) is 0 Å². The van der Waals surface area contributed by atoms with E-state index in [0.717, 1.165) is 35.5 Å². The summed E-state index contributed by atoms with van der Waals surface area (Å²) < 4.78 is 0. The quantitative estimate of drug-likeness (QED) is 0.510. The third kappa shape index (κ3) is 3.91.